The standard InChI is InChI=1S/C29H23ClF6N4O3/c30-25-15-19(10-12-37-25)16-38-27(41)40-22-11-14-39(13-2-3-18-6-8-20(9-7-18)42-28(31,32)33)17-21(22)26-23(40)4-1-5-24(26)43-29(34,35)36/h1-10,12,15H,11,13-14,16-17H2,(H,38,41)/b3-2+. The largest absolute Gasteiger partial charge is 0.573 e. The second-order valence-electron chi connectivity index (χ2n) is 9.61. The van der Waals surface area contributed by atoms with Gasteiger partial charge in [0.15, 0.2) is 0 Å². The van der Waals surface area contributed by atoms with Crippen molar-refractivity contribution in [2.75, 3.05) is 13.1 Å². The number of rotatable bonds is 7. The molecular weight excluding hydrogens is 602 g/mol. The monoisotopic (exact) mass is 624 g/mol. The van der Waals surface area contributed by atoms with Crippen LogP contribution in [0.5, 0.6) is 11.5 Å². The summed E-state index contributed by atoms with van der Waals surface area (Å²) in [6.07, 6.45) is -4.35. The van der Waals surface area contributed by atoms with Gasteiger partial charge in [0.1, 0.15) is 16.7 Å². The van der Waals surface area contributed by atoms with Crippen LogP contribution in [0.1, 0.15) is 22.4 Å². The highest BCUT2D eigenvalue weighted by atomic mass is 35.5. The highest BCUT2D eigenvalue weighted by molar-refractivity contribution is 6.29. The first-order valence-electron chi connectivity index (χ1n) is 12.9. The second kappa shape index (κ2) is 12.2. The molecule has 2 aromatic carbocycles. The Hall–Kier alpha value is -4.23. The molecule has 0 atom stereocenters. The summed E-state index contributed by atoms with van der Waals surface area (Å²) in [6.45, 7) is 1.24. The summed E-state index contributed by atoms with van der Waals surface area (Å²) in [7, 11) is 0. The lowest BCUT2D eigenvalue weighted by molar-refractivity contribution is -0.275. The van der Waals surface area contributed by atoms with E-state index in [2.05, 4.69) is 19.8 Å². The molecule has 0 spiro atoms. The number of aromatic nitrogens is 2. The van der Waals surface area contributed by atoms with E-state index in [0.717, 1.165) is 0 Å². The maximum atomic E-state index is 13.4. The van der Waals surface area contributed by atoms with Gasteiger partial charge in [0.25, 0.3) is 0 Å². The highest BCUT2D eigenvalue weighted by Gasteiger charge is 2.35. The lowest BCUT2D eigenvalue weighted by Gasteiger charge is -2.27. The van der Waals surface area contributed by atoms with Crippen LogP contribution in [0.25, 0.3) is 17.0 Å². The molecule has 2 aromatic heterocycles. The Kier molecular flexibility index (Phi) is 8.56. The average molecular weight is 625 g/mol. The fourth-order valence-corrected chi connectivity index (χ4v) is 5.16. The molecular formula is C29H23ClF6N4O3. The Morgan fingerprint density at radius 2 is 1.77 bits per heavy atom. The summed E-state index contributed by atoms with van der Waals surface area (Å²) >= 11 is 5.93. The molecule has 5 rings (SSSR count). The summed E-state index contributed by atoms with van der Waals surface area (Å²) in [5.41, 5.74) is 2.71. The molecule has 3 heterocycles. The number of benzene rings is 2. The highest BCUT2D eigenvalue weighted by Crippen LogP contribution is 2.39. The van der Waals surface area contributed by atoms with Crippen LogP contribution in [0, 0.1) is 0 Å². The summed E-state index contributed by atoms with van der Waals surface area (Å²) < 4.78 is 86.7. The summed E-state index contributed by atoms with van der Waals surface area (Å²) in [6, 6.07) is 12.3. The number of fused-ring (bicyclic) bond motifs is 3. The number of carbonyl (C=O) groups excluding carboxylic acids is 1. The first kappa shape index (κ1) is 30.2. The van der Waals surface area contributed by atoms with Gasteiger partial charge in [-0.25, -0.2) is 9.78 Å². The minimum Gasteiger partial charge on any atom is -0.406 e. The molecule has 0 saturated carbocycles. The summed E-state index contributed by atoms with van der Waals surface area (Å²) in [5.74, 6) is -0.748. The minimum absolute atomic E-state index is 0.120. The first-order valence-corrected chi connectivity index (χ1v) is 13.3. The van der Waals surface area contributed by atoms with Crippen LogP contribution in [-0.2, 0) is 19.5 Å². The Morgan fingerprint density at radius 1 is 1.02 bits per heavy atom. The molecule has 0 aliphatic carbocycles. The number of alkyl halides is 6. The van der Waals surface area contributed by atoms with Crippen LogP contribution in [0.3, 0.4) is 0 Å². The molecule has 0 bridgehead atoms. The van der Waals surface area contributed by atoms with Gasteiger partial charge in [-0.2, -0.15) is 0 Å². The molecule has 1 aliphatic heterocycles. The van der Waals surface area contributed by atoms with Crippen molar-refractivity contribution in [1.82, 2.24) is 19.8 Å². The van der Waals surface area contributed by atoms with E-state index in [0.29, 0.717) is 41.9 Å². The Labute approximate surface area is 246 Å². The van der Waals surface area contributed by atoms with E-state index >= 15 is 0 Å². The lowest BCUT2D eigenvalue weighted by atomic mass is 10.0. The van der Waals surface area contributed by atoms with Gasteiger partial charge in [0.05, 0.1) is 5.52 Å². The van der Waals surface area contributed by atoms with Crippen LogP contribution >= 0.6 is 11.6 Å². The molecule has 1 aliphatic rings. The predicted molar refractivity (Wildman–Crippen MR) is 147 cm³/mol. The third kappa shape index (κ3) is 7.59. The number of hydrogen-bond donors (Lipinski definition) is 1. The van der Waals surface area contributed by atoms with Gasteiger partial charge in [-0.1, -0.05) is 42.0 Å². The van der Waals surface area contributed by atoms with E-state index in [1.807, 2.05) is 4.90 Å². The Bertz CT molecular complexity index is 1650. The zero-order valence-electron chi connectivity index (χ0n) is 22.2. The molecule has 0 radical (unpaired) electrons. The molecule has 226 valence electrons. The number of halogens is 7. The van der Waals surface area contributed by atoms with Gasteiger partial charge >= 0.3 is 18.8 Å². The Morgan fingerprint density at radius 3 is 2.47 bits per heavy atom. The summed E-state index contributed by atoms with van der Waals surface area (Å²) in [5, 5.41) is 3.24. The van der Waals surface area contributed by atoms with Crippen LogP contribution in [-0.4, -0.2) is 46.3 Å². The van der Waals surface area contributed by atoms with Crippen LogP contribution in [0.15, 0.2) is 66.9 Å². The van der Waals surface area contributed by atoms with E-state index in [9.17, 15) is 31.1 Å². The molecule has 0 fully saturated rings. The molecule has 43 heavy (non-hydrogen) atoms. The lowest BCUT2D eigenvalue weighted by Crippen LogP contribution is -2.34. The molecule has 14 heteroatoms. The topological polar surface area (TPSA) is 68.6 Å². The molecule has 0 unspecified atom stereocenters. The van der Waals surface area contributed by atoms with E-state index in [1.54, 1.807) is 30.4 Å². The maximum absolute atomic E-state index is 13.4. The number of amides is 1. The van der Waals surface area contributed by atoms with Gasteiger partial charge in [0.2, 0.25) is 0 Å². The van der Waals surface area contributed by atoms with E-state index in [-0.39, 0.29) is 34.9 Å². The number of nitrogens with zero attached hydrogens (tertiary/aromatic N) is 3. The van der Waals surface area contributed by atoms with Crippen LogP contribution < -0.4 is 14.8 Å². The SMILES string of the molecule is O=C(NCc1ccnc(Cl)c1)n1c2c(c3c(OC(F)(F)F)cccc31)CN(C/C=C/c1ccc(OC(F)(F)F)cc1)CC2. The number of pyridine rings is 1. The van der Waals surface area contributed by atoms with Gasteiger partial charge in [-0.3, -0.25) is 9.47 Å². The third-order valence-electron chi connectivity index (χ3n) is 6.66. The van der Waals surface area contributed by atoms with Crippen molar-refractivity contribution >= 4 is 34.6 Å². The summed E-state index contributed by atoms with van der Waals surface area (Å²) in [4.78, 5) is 19.3. The Balaban J connectivity index is 1.38. The van der Waals surface area contributed by atoms with Crippen molar-refractivity contribution in [3.8, 4) is 11.5 Å². The zero-order chi connectivity index (χ0) is 30.8. The quantitative estimate of drug-likeness (QED) is 0.172. The van der Waals surface area contributed by atoms with Crippen molar-refractivity contribution in [1.29, 1.82) is 0 Å². The van der Waals surface area contributed by atoms with Crippen molar-refractivity contribution in [2.24, 2.45) is 0 Å². The predicted octanol–water partition coefficient (Wildman–Crippen LogP) is 7.32. The van der Waals surface area contributed by atoms with Crippen molar-refractivity contribution in [3.63, 3.8) is 0 Å². The smallest absolute Gasteiger partial charge is 0.406 e. The van der Waals surface area contributed by atoms with Crippen molar-refractivity contribution in [3.05, 3.63) is 94.4 Å². The minimum atomic E-state index is -4.94. The third-order valence-corrected chi connectivity index (χ3v) is 6.87. The average Bonchev–Trinajstić information content (AvgIpc) is 3.26. The number of ether oxygens (including phenoxy) is 2. The van der Waals surface area contributed by atoms with Crippen LogP contribution in [0.2, 0.25) is 5.15 Å². The van der Waals surface area contributed by atoms with Gasteiger partial charge in [0, 0.05) is 49.9 Å². The maximum Gasteiger partial charge on any atom is 0.573 e. The van der Waals surface area contributed by atoms with Crippen molar-refractivity contribution in [2.45, 2.75) is 32.2 Å². The zero-order valence-corrected chi connectivity index (χ0v) is 22.9. The fourth-order valence-electron chi connectivity index (χ4n) is 4.96. The number of carbonyl (C=O) groups is 1. The van der Waals surface area contributed by atoms with Gasteiger partial charge in [-0.15, -0.1) is 26.3 Å². The van der Waals surface area contributed by atoms with E-state index < -0.39 is 24.5 Å². The first-order chi connectivity index (χ1) is 20.4. The van der Waals surface area contributed by atoms with E-state index in [4.69, 9.17) is 11.6 Å². The van der Waals surface area contributed by atoms with Gasteiger partial charge < -0.3 is 14.8 Å². The molecule has 4 aromatic rings. The molecule has 0 saturated heterocycles. The fraction of sp³-hybridized carbons (Fsp3) is 0.241. The molecule has 1 amide bonds. The van der Waals surface area contributed by atoms with Crippen LogP contribution in [0.4, 0.5) is 31.1 Å². The van der Waals surface area contributed by atoms with Gasteiger partial charge in [-0.05, 0) is 53.1 Å². The van der Waals surface area contributed by atoms with E-state index in [1.165, 1.54) is 47.2 Å². The normalized spacial score (nSPS) is 14.2. The van der Waals surface area contributed by atoms with Crippen molar-refractivity contribution < 1.29 is 40.6 Å². The molecule has 1 N–H and O–H groups in total. The molecule has 7 nitrogen and oxygen atoms in total. The second-order valence-corrected chi connectivity index (χ2v) is 10.00. The number of nitrogens with one attached hydrogen (secondary N) is 1. The number of hydrogen-bond acceptors (Lipinski definition) is 5.